The maximum absolute atomic E-state index is 2.38. The fourth-order valence-corrected chi connectivity index (χ4v) is 6.02. The van der Waals surface area contributed by atoms with Gasteiger partial charge in [0, 0.05) is 42.3 Å². The summed E-state index contributed by atoms with van der Waals surface area (Å²) in [6, 6.07) is 10.7. The predicted molar refractivity (Wildman–Crippen MR) is 78.1 cm³/mol. The molecule has 18 heavy (non-hydrogen) atoms. The molecule has 0 aliphatic carbocycles. The Bertz CT molecular complexity index is 320. The van der Waals surface area contributed by atoms with Crippen molar-refractivity contribution in [2.24, 2.45) is 0 Å². The minimum absolute atomic E-state index is 0. The van der Waals surface area contributed by atoms with Gasteiger partial charge in [-0.25, -0.2) is 0 Å². The molecule has 0 aromatic heterocycles. The van der Waals surface area contributed by atoms with E-state index in [4.69, 9.17) is 0 Å². The fraction of sp³-hybridized carbons (Fsp3) is 0.538. The Morgan fingerprint density at radius 3 is 1.50 bits per heavy atom. The molecule has 1 aromatic rings. The Kier molecular flexibility index (Phi) is 7.57. The highest BCUT2D eigenvalue weighted by molar-refractivity contribution is 7.68. The quantitative estimate of drug-likeness (QED) is 0.681. The highest BCUT2D eigenvalue weighted by atomic mass is 79.9. The van der Waals surface area contributed by atoms with E-state index in [1.54, 1.807) is 0 Å². The van der Waals surface area contributed by atoms with Crippen LogP contribution in [0.2, 0.25) is 0 Å². The van der Waals surface area contributed by atoms with Gasteiger partial charge in [0.05, 0.1) is 0 Å². The van der Waals surface area contributed by atoms with Crippen LogP contribution in [0.4, 0.5) is 0 Å². The topological polar surface area (TPSA) is 9.72 Å². The van der Waals surface area contributed by atoms with Crippen LogP contribution in [0.25, 0.3) is 0 Å². The molecule has 0 heterocycles. The molecule has 0 spiro atoms. The van der Waals surface area contributed by atoms with Crippen LogP contribution >= 0.6 is 7.71 Å². The second kappa shape index (κ2) is 7.56. The standard InChI is InChI=1S/C13H25N3P.BrH/c1-14(2)17(15(3)4,16(5)6)12-13-10-8-7-9-11-13;/h7-11H,12H2,1-6H3;1H/q+1;/p-1. The number of hydrogen-bond donors (Lipinski definition) is 0. The molecule has 1 aromatic carbocycles. The van der Waals surface area contributed by atoms with E-state index in [1.165, 1.54) is 5.56 Å². The van der Waals surface area contributed by atoms with Crippen molar-refractivity contribution >= 4 is 7.71 Å². The zero-order valence-corrected chi connectivity index (χ0v) is 14.7. The van der Waals surface area contributed by atoms with Crippen molar-refractivity contribution in [3.8, 4) is 0 Å². The summed E-state index contributed by atoms with van der Waals surface area (Å²) in [6.07, 6.45) is 1.08. The molecule has 0 unspecified atom stereocenters. The highest BCUT2D eigenvalue weighted by Crippen LogP contribution is 2.65. The second-order valence-corrected chi connectivity index (χ2v) is 8.98. The van der Waals surface area contributed by atoms with Crippen molar-refractivity contribution in [2.45, 2.75) is 6.16 Å². The summed E-state index contributed by atoms with van der Waals surface area (Å²) in [5.41, 5.74) is 1.40. The van der Waals surface area contributed by atoms with Gasteiger partial charge in [-0.1, -0.05) is 30.3 Å². The third-order valence-corrected chi connectivity index (χ3v) is 7.79. The number of rotatable bonds is 5. The van der Waals surface area contributed by atoms with Crippen LogP contribution in [0.1, 0.15) is 5.56 Å². The average molecular weight is 334 g/mol. The van der Waals surface area contributed by atoms with E-state index in [0.29, 0.717) is 0 Å². The van der Waals surface area contributed by atoms with E-state index in [9.17, 15) is 0 Å². The van der Waals surface area contributed by atoms with Gasteiger partial charge in [0.1, 0.15) is 6.16 Å². The summed E-state index contributed by atoms with van der Waals surface area (Å²) >= 11 is 0. The van der Waals surface area contributed by atoms with Crippen LogP contribution in [0.5, 0.6) is 0 Å². The molecular weight excluding hydrogens is 309 g/mol. The SMILES string of the molecule is CN(C)[P+](Cc1ccccc1)(N(C)C)N(C)C.[Br-]. The van der Waals surface area contributed by atoms with Crippen molar-refractivity contribution in [3.05, 3.63) is 35.9 Å². The molecule has 0 fully saturated rings. The minimum atomic E-state index is -1.43. The largest absolute Gasteiger partial charge is 1.00 e. The lowest BCUT2D eigenvalue weighted by Crippen LogP contribution is -3.00. The first-order chi connectivity index (χ1) is 7.91. The zero-order valence-electron chi connectivity index (χ0n) is 12.3. The van der Waals surface area contributed by atoms with Crippen LogP contribution < -0.4 is 17.0 Å². The molecule has 0 radical (unpaired) electrons. The maximum atomic E-state index is 2.38. The van der Waals surface area contributed by atoms with Gasteiger partial charge >= 0.3 is 0 Å². The molecule has 0 bridgehead atoms. The lowest BCUT2D eigenvalue weighted by atomic mass is 10.2. The molecule has 104 valence electrons. The van der Waals surface area contributed by atoms with Gasteiger partial charge in [-0.2, -0.15) is 14.0 Å². The molecule has 3 nitrogen and oxygen atoms in total. The third kappa shape index (κ3) is 3.75. The molecule has 0 saturated heterocycles. The van der Waals surface area contributed by atoms with Gasteiger partial charge < -0.3 is 17.0 Å². The van der Waals surface area contributed by atoms with Gasteiger partial charge in [-0.15, -0.1) is 0 Å². The normalized spacial score (nSPS) is 12.1. The Morgan fingerprint density at radius 2 is 1.17 bits per heavy atom. The summed E-state index contributed by atoms with van der Waals surface area (Å²) in [5.74, 6) is 0. The molecule has 0 saturated carbocycles. The fourth-order valence-electron chi connectivity index (χ4n) is 2.33. The smallest absolute Gasteiger partial charge is 0.230 e. The minimum Gasteiger partial charge on any atom is -1.00 e. The summed E-state index contributed by atoms with van der Waals surface area (Å²) in [4.78, 5) is 0. The van der Waals surface area contributed by atoms with Gasteiger partial charge in [-0.3, -0.25) is 0 Å². The van der Waals surface area contributed by atoms with E-state index in [0.717, 1.165) is 6.16 Å². The summed E-state index contributed by atoms with van der Waals surface area (Å²) in [7, 11) is 11.6. The van der Waals surface area contributed by atoms with Crippen LogP contribution in [0.3, 0.4) is 0 Å². The lowest BCUT2D eigenvalue weighted by Gasteiger charge is -2.40. The van der Waals surface area contributed by atoms with Crippen molar-refractivity contribution in [3.63, 3.8) is 0 Å². The molecule has 0 atom stereocenters. The van der Waals surface area contributed by atoms with Crippen molar-refractivity contribution in [2.75, 3.05) is 42.3 Å². The van der Waals surface area contributed by atoms with E-state index < -0.39 is 7.71 Å². The average Bonchev–Trinajstić information content (AvgIpc) is 2.25. The first-order valence-corrected chi connectivity index (χ1v) is 7.70. The number of hydrogen-bond acceptors (Lipinski definition) is 3. The Balaban J connectivity index is 0.00000289. The van der Waals surface area contributed by atoms with Crippen LogP contribution in [0.15, 0.2) is 30.3 Å². The van der Waals surface area contributed by atoms with Gasteiger partial charge in [0.25, 0.3) is 0 Å². The van der Waals surface area contributed by atoms with E-state index in [2.05, 4.69) is 86.6 Å². The van der Waals surface area contributed by atoms with E-state index in [-0.39, 0.29) is 17.0 Å². The zero-order chi connectivity index (χ0) is 13.1. The maximum Gasteiger partial charge on any atom is 0.230 e. The Labute approximate surface area is 123 Å². The predicted octanol–water partition coefficient (Wildman–Crippen LogP) is -0.362. The molecule has 0 aliphatic heterocycles. The van der Waals surface area contributed by atoms with Gasteiger partial charge in [0.2, 0.25) is 7.71 Å². The van der Waals surface area contributed by atoms with E-state index >= 15 is 0 Å². The number of benzene rings is 1. The summed E-state index contributed by atoms with van der Waals surface area (Å²) in [5, 5.41) is 0. The number of halogens is 1. The van der Waals surface area contributed by atoms with Crippen LogP contribution in [0, 0.1) is 0 Å². The van der Waals surface area contributed by atoms with Crippen molar-refractivity contribution < 1.29 is 17.0 Å². The number of nitrogens with zero attached hydrogens (tertiary/aromatic N) is 3. The molecular formula is C13H25BrN3P. The second-order valence-electron chi connectivity index (χ2n) is 4.88. The van der Waals surface area contributed by atoms with Crippen molar-refractivity contribution in [1.29, 1.82) is 0 Å². The molecule has 0 N–H and O–H groups in total. The molecule has 5 heteroatoms. The molecule has 0 amide bonds. The van der Waals surface area contributed by atoms with Crippen molar-refractivity contribution in [1.82, 2.24) is 14.0 Å². The van der Waals surface area contributed by atoms with E-state index in [1.807, 2.05) is 0 Å². The Hall–Kier alpha value is 0.0100. The van der Waals surface area contributed by atoms with Gasteiger partial charge in [-0.05, 0) is 5.56 Å². The highest BCUT2D eigenvalue weighted by Gasteiger charge is 2.47. The summed E-state index contributed by atoms with van der Waals surface area (Å²) in [6.45, 7) is 0. The first kappa shape index (κ1) is 18.0. The summed E-state index contributed by atoms with van der Waals surface area (Å²) < 4.78 is 7.12. The monoisotopic (exact) mass is 333 g/mol. The van der Waals surface area contributed by atoms with Crippen LogP contribution in [-0.2, 0) is 6.16 Å². The lowest BCUT2D eigenvalue weighted by molar-refractivity contribution is -0.00000387. The first-order valence-electron chi connectivity index (χ1n) is 5.86. The van der Waals surface area contributed by atoms with Crippen LogP contribution in [-0.4, -0.2) is 56.3 Å². The third-order valence-electron chi connectivity index (χ3n) is 3.16. The Morgan fingerprint density at radius 1 is 0.778 bits per heavy atom. The molecule has 1 rings (SSSR count). The molecule has 0 aliphatic rings. The van der Waals surface area contributed by atoms with Gasteiger partial charge in [0.15, 0.2) is 0 Å².